The molecule has 0 aliphatic heterocycles. The number of carboxylic acid groups (broad SMARTS) is 2. The van der Waals surface area contributed by atoms with Gasteiger partial charge in [0, 0.05) is 12.8 Å². The number of carbonyl (C=O) groups is 2. The van der Waals surface area contributed by atoms with Gasteiger partial charge in [0.2, 0.25) is 0 Å². The topological polar surface area (TPSA) is 127 Å². The fourth-order valence-corrected chi connectivity index (χ4v) is 6.85. The van der Waals surface area contributed by atoms with Crippen LogP contribution in [0.5, 0.6) is 0 Å². The van der Waals surface area contributed by atoms with Crippen LogP contribution in [0.3, 0.4) is 0 Å². The van der Waals surface area contributed by atoms with E-state index in [-0.39, 0.29) is 0 Å². The van der Waals surface area contributed by atoms with Gasteiger partial charge in [0.1, 0.15) is 0 Å². The molecule has 0 unspecified atom stereocenters. The average molecular weight is 711 g/mol. The highest BCUT2D eigenvalue weighted by Crippen LogP contribution is 2.16. The Bertz CT molecular complexity index is 594. The zero-order chi connectivity index (χ0) is 36.9. The third kappa shape index (κ3) is 53.6. The smallest absolute Gasteiger partial charge is 0.303 e. The summed E-state index contributed by atoms with van der Waals surface area (Å²) in [5.41, 5.74) is 11.0. The van der Waals surface area contributed by atoms with E-state index in [4.69, 9.17) is 21.7 Å². The first-order chi connectivity index (χ1) is 24.5. The number of rotatable bonds is 42. The molecule has 0 rings (SSSR count). The molecule has 0 saturated carbocycles. The maximum Gasteiger partial charge on any atom is 0.303 e. The van der Waals surface area contributed by atoms with E-state index in [0.29, 0.717) is 12.8 Å². The van der Waals surface area contributed by atoms with Crippen LogP contribution in [0.1, 0.15) is 257 Å². The van der Waals surface area contributed by atoms with E-state index in [9.17, 15) is 9.59 Å². The minimum Gasteiger partial charge on any atom is -0.481 e. The van der Waals surface area contributed by atoms with E-state index in [0.717, 1.165) is 38.8 Å². The maximum atomic E-state index is 10.4. The van der Waals surface area contributed by atoms with Crippen molar-refractivity contribution in [1.82, 2.24) is 0 Å². The molecule has 50 heavy (non-hydrogen) atoms. The van der Waals surface area contributed by atoms with Crippen LogP contribution in [0.2, 0.25) is 0 Å². The Morgan fingerprint density at radius 2 is 0.360 bits per heavy atom. The molecule has 0 fully saturated rings. The molecule has 0 aromatic carbocycles. The fourth-order valence-electron chi connectivity index (χ4n) is 6.85. The number of hydrogen-bond acceptors (Lipinski definition) is 4. The van der Waals surface area contributed by atoms with Crippen LogP contribution in [-0.2, 0) is 9.59 Å². The molecular weight excluding hydrogens is 620 g/mol. The van der Waals surface area contributed by atoms with Gasteiger partial charge >= 0.3 is 11.9 Å². The number of carboxylic acids is 2. The lowest BCUT2D eigenvalue weighted by Crippen LogP contribution is -1.97. The Kier molecular flexibility index (Phi) is 48.8. The Labute approximate surface area is 312 Å². The molecule has 6 N–H and O–H groups in total. The molecule has 0 amide bonds. The minimum absolute atomic E-state index is 0.324. The van der Waals surface area contributed by atoms with Crippen LogP contribution in [-0.4, -0.2) is 35.2 Å². The van der Waals surface area contributed by atoms with Gasteiger partial charge in [-0.3, -0.25) is 9.59 Å². The second-order valence-corrected chi connectivity index (χ2v) is 15.3. The van der Waals surface area contributed by atoms with Gasteiger partial charge in [-0.1, -0.05) is 218 Å². The van der Waals surface area contributed by atoms with Crippen molar-refractivity contribution in [1.29, 1.82) is 0 Å². The van der Waals surface area contributed by atoms with Gasteiger partial charge in [0.05, 0.1) is 0 Å². The number of aliphatic carboxylic acids is 2. The van der Waals surface area contributed by atoms with E-state index in [1.165, 1.54) is 218 Å². The van der Waals surface area contributed by atoms with Gasteiger partial charge in [-0.05, 0) is 38.8 Å². The van der Waals surface area contributed by atoms with Gasteiger partial charge in [0.25, 0.3) is 0 Å². The van der Waals surface area contributed by atoms with Crippen molar-refractivity contribution >= 4 is 11.9 Å². The molecule has 6 heteroatoms. The number of nitrogens with two attached hydrogens (primary N) is 2. The highest BCUT2D eigenvalue weighted by atomic mass is 16.4. The summed E-state index contributed by atoms with van der Waals surface area (Å²) >= 11 is 0. The summed E-state index contributed by atoms with van der Waals surface area (Å²) in [6.07, 6.45) is 51.1. The van der Waals surface area contributed by atoms with Crippen LogP contribution in [0.15, 0.2) is 0 Å². The van der Waals surface area contributed by atoms with Gasteiger partial charge in [-0.25, -0.2) is 0 Å². The van der Waals surface area contributed by atoms with Crippen molar-refractivity contribution < 1.29 is 19.8 Å². The van der Waals surface area contributed by atoms with E-state index in [1.807, 2.05) is 0 Å². The Hall–Kier alpha value is -1.14. The minimum atomic E-state index is -0.671. The lowest BCUT2D eigenvalue weighted by Gasteiger charge is -2.04. The van der Waals surface area contributed by atoms with Crippen molar-refractivity contribution in [3.8, 4) is 0 Å². The fraction of sp³-hybridized carbons (Fsp3) is 0.955. The monoisotopic (exact) mass is 711 g/mol. The van der Waals surface area contributed by atoms with E-state index >= 15 is 0 Å². The van der Waals surface area contributed by atoms with Crippen molar-refractivity contribution in [2.45, 2.75) is 257 Å². The largest absolute Gasteiger partial charge is 0.481 e. The second-order valence-electron chi connectivity index (χ2n) is 15.3. The zero-order valence-corrected chi connectivity index (χ0v) is 33.6. The molecule has 0 aromatic heterocycles. The van der Waals surface area contributed by atoms with E-state index < -0.39 is 11.9 Å². The van der Waals surface area contributed by atoms with Crippen LogP contribution in [0.25, 0.3) is 0 Å². The summed E-state index contributed by atoms with van der Waals surface area (Å²) in [4.78, 5) is 20.7. The summed E-state index contributed by atoms with van der Waals surface area (Å²) in [7, 11) is 0. The normalized spacial score (nSPS) is 11.1. The van der Waals surface area contributed by atoms with Crippen molar-refractivity contribution in [3.63, 3.8) is 0 Å². The first-order valence-electron chi connectivity index (χ1n) is 22.4. The highest BCUT2D eigenvalue weighted by molar-refractivity contribution is 5.66. The third-order valence-corrected chi connectivity index (χ3v) is 10.2. The van der Waals surface area contributed by atoms with Crippen LogP contribution in [0, 0.1) is 0 Å². The first-order valence-corrected chi connectivity index (χ1v) is 22.4. The molecule has 300 valence electrons. The SMILES string of the molecule is NCCCCCCCCCCCCCCCCCCCCCCCN.O=C(O)CCCCCCCCCCCCCCCCCCCC(=O)O. The molecule has 6 nitrogen and oxygen atoms in total. The van der Waals surface area contributed by atoms with Crippen LogP contribution in [0.4, 0.5) is 0 Å². The van der Waals surface area contributed by atoms with Crippen LogP contribution >= 0.6 is 0 Å². The molecule has 0 aliphatic rings. The first kappa shape index (κ1) is 51.0. The zero-order valence-electron chi connectivity index (χ0n) is 33.6. The molecule has 0 saturated heterocycles. The van der Waals surface area contributed by atoms with Gasteiger partial charge < -0.3 is 21.7 Å². The maximum absolute atomic E-state index is 10.4. The summed E-state index contributed by atoms with van der Waals surface area (Å²) in [6, 6.07) is 0. The summed E-state index contributed by atoms with van der Waals surface area (Å²) < 4.78 is 0. The average Bonchev–Trinajstić information content (AvgIpc) is 3.10. The summed E-state index contributed by atoms with van der Waals surface area (Å²) in [5.74, 6) is -1.34. The molecule has 0 aromatic rings. The number of hydrogen-bond donors (Lipinski definition) is 4. The van der Waals surface area contributed by atoms with Crippen molar-refractivity contribution in [2.75, 3.05) is 13.1 Å². The molecular formula is C44H90N2O4. The standard InChI is InChI=1S/C23H50N2.C21H40O4/c24-22-20-18-16-14-12-10-8-6-4-2-1-3-5-7-9-11-13-15-17-19-21-23-25;22-20(23)18-16-14-12-10-8-6-4-2-1-3-5-7-9-11-13-15-17-19-21(24)25/h1-25H2;1-19H2,(H,22,23)(H,24,25). The molecule has 0 radical (unpaired) electrons. The second kappa shape index (κ2) is 47.9. The lowest BCUT2D eigenvalue weighted by atomic mass is 10.0. The van der Waals surface area contributed by atoms with Gasteiger partial charge in [0.15, 0.2) is 0 Å². The predicted octanol–water partition coefficient (Wildman–Crippen LogP) is 13.7. The molecule has 0 atom stereocenters. The molecule has 0 spiro atoms. The summed E-state index contributed by atoms with van der Waals surface area (Å²) in [5, 5.41) is 17.1. The Morgan fingerprint density at radius 3 is 0.480 bits per heavy atom. The van der Waals surface area contributed by atoms with Gasteiger partial charge in [-0.15, -0.1) is 0 Å². The predicted molar refractivity (Wildman–Crippen MR) is 218 cm³/mol. The Morgan fingerprint density at radius 1 is 0.240 bits per heavy atom. The molecule has 0 heterocycles. The van der Waals surface area contributed by atoms with E-state index in [1.54, 1.807) is 0 Å². The van der Waals surface area contributed by atoms with E-state index in [2.05, 4.69) is 0 Å². The molecule has 0 bridgehead atoms. The molecule has 0 aliphatic carbocycles. The highest BCUT2D eigenvalue weighted by Gasteiger charge is 1.99. The van der Waals surface area contributed by atoms with Gasteiger partial charge in [-0.2, -0.15) is 0 Å². The van der Waals surface area contributed by atoms with Crippen molar-refractivity contribution in [3.05, 3.63) is 0 Å². The van der Waals surface area contributed by atoms with Crippen LogP contribution < -0.4 is 11.5 Å². The quantitative estimate of drug-likeness (QED) is 0.0467. The summed E-state index contributed by atoms with van der Waals surface area (Å²) in [6.45, 7) is 1.74. The third-order valence-electron chi connectivity index (χ3n) is 10.2. The van der Waals surface area contributed by atoms with Crippen molar-refractivity contribution in [2.24, 2.45) is 11.5 Å². The Balaban J connectivity index is 0. The number of unbranched alkanes of at least 4 members (excludes halogenated alkanes) is 36. The lowest BCUT2D eigenvalue weighted by molar-refractivity contribution is -0.138.